The van der Waals surface area contributed by atoms with Crippen LogP contribution in [0.4, 0.5) is 5.69 Å². The number of carbonyl (C=O) groups excluding carboxylic acids is 1. The predicted molar refractivity (Wildman–Crippen MR) is 87.7 cm³/mol. The molecule has 0 aromatic heterocycles. The van der Waals surface area contributed by atoms with Gasteiger partial charge in [0.15, 0.2) is 0 Å². The summed E-state index contributed by atoms with van der Waals surface area (Å²) in [7, 11) is 0. The van der Waals surface area contributed by atoms with Gasteiger partial charge in [-0.3, -0.25) is 4.79 Å². The standard InChI is InChI=1S/C17H19ClN2O/c1-12-7-3-6-10-16(12)19-11-17(21)20-13(2)14-8-4-5-9-15(14)18/h3-10,13,19H,11H2,1-2H3,(H,20,21). The Bertz CT molecular complexity index is 628. The average molecular weight is 303 g/mol. The van der Waals surface area contributed by atoms with Gasteiger partial charge in [-0.2, -0.15) is 0 Å². The summed E-state index contributed by atoms with van der Waals surface area (Å²) in [6, 6.07) is 15.3. The lowest BCUT2D eigenvalue weighted by Crippen LogP contribution is -2.32. The van der Waals surface area contributed by atoms with Gasteiger partial charge in [-0.05, 0) is 37.1 Å². The Hall–Kier alpha value is -2.00. The molecule has 21 heavy (non-hydrogen) atoms. The van der Waals surface area contributed by atoms with Crippen molar-refractivity contribution in [3.05, 3.63) is 64.7 Å². The van der Waals surface area contributed by atoms with E-state index in [1.807, 2.05) is 62.4 Å². The van der Waals surface area contributed by atoms with Crippen LogP contribution in [0.5, 0.6) is 0 Å². The molecule has 0 heterocycles. The smallest absolute Gasteiger partial charge is 0.239 e. The number of para-hydroxylation sites is 1. The van der Waals surface area contributed by atoms with E-state index in [-0.39, 0.29) is 18.5 Å². The third-order valence-electron chi connectivity index (χ3n) is 3.33. The van der Waals surface area contributed by atoms with Crippen LogP contribution in [0.3, 0.4) is 0 Å². The number of hydrogen-bond acceptors (Lipinski definition) is 2. The molecule has 0 aliphatic carbocycles. The quantitative estimate of drug-likeness (QED) is 0.878. The minimum Gasteiger partial charge on any atom is -0.376 e. The summed E-state index contributed by atoms with van der Waals surface area (Å²) in [5, 5.41) is 6.74. The molecule has 110 valence electrons. The van der Waals surface area contributed by atoms with Crippen molar-refractivity contribution in [2.75, 3.05) is 11.9 Å². The largest absolute Gasteiger partial charge is 0.376 e. The minimum absolute atomic E-state index is 0.0642. The predicted octanol–water partition coefficient (Wildman–Crippen LogP) is 3.94. The first-order valence-corrected chi connectivity index (χ1v) is 7.29. The third-order valence-corrected chi connectivity index (χ3v) is 3.68. The fourth-order valence-electron chi connectivity index (χ4n) is 2.14. The molecular weight excluding hydrogens is 284 g/mol. The molecule has 0 radical (unpaired) electrons. The van der Waals surface area contributed by atoms with Crippen LogP contribution < -0.4 is 10.6 Å². The molecular formula is C17H19ClN2O. The Morgan fingerprint density at radius 3 is 2.52 bits per heavy atom. The SMILES string of the molecule is Cc1ccccc1NCC(=O)NC(C)c1ccccc1Cl. The summed E-state index contributed by atoms with van der Waals surface area (Å²) in [5.74, 6) is -0.0642. The second-order valence-corrected chi connectivity index (χ2v) is 5.39. The topological polar surface area (TPSA) is 41.1 Å². The maximum Gasteiger partial charge on any atom is 0.239 e. The molecule has 2 N–H and O–H groups in total. The zero-order valence-electron chi connectivity index (χ0n) is 12.2. The Balaban J connectivity index is 1.90. The van der Waals surface area contributed by atoms with Crippen molar-refractivity contribution < 1.29 is 4.79 Å². The monoisotopic (exact) mass is 302 g/mol. The molecule has 0 saturated carbocycles. The maximum absolute atomic E-state index is 12.0. The Kier molecular flexibility index (Phi) is 5.23. The maximum atomic E-state index is 12.0. The fourth-order valence-corrected chi connectivity index (χ4v) is 2.44. The number of hydrogen-bond donors (Lipinski definition) is 2. The van der Waals surface area contributed by atoms with Gasteiger partial charge in [0.25, 0.3) is 0 Å². The number of anilines is 1. The number of benzene rings is 2. The second-order valence-electron chi connectivity index (χ2n) is 4.98. The molecule has 4 heteroatoms. The molecule has 2 rings (SSSR count). The van der Waals surface area contributed by atoms with Crippen molar-refractivity contribution in [3.8, 4) is 0 Å². The van der Waals surface area contributed by atoms with Gasteiger partial charge in [-0.25, -0.2) is 0 Å². The van der Waals surface area contributed by atoms with E-state index < -0.39 is 0 Å². The van der Waals surface area contributed by atoms with Crippen molar-refractivity contribution in [1.82, 2.24) is 5.32 Å². The molecule has 0 aliphatic rings. The van der Waals surface area contributed by atoms with Crippen LogP contribution >= 0.6 is 11.6 Å². The van der Waals surface area contributed by atoms with Gasteiger partial charge in [-0.15, -0.1) is 0 Å². The molecule has 0 spiro atoms. The van der Waals surface area contributed by atoms with E-state index in [0.717, 1.165) is 16.8 Å². The number of carbonyl (C=O) groups is 1. The van der Waals surface area contributed by atoms with Crippen LogP contribution in [0.15, 0.2) is 48.5 Å². The molecule has 0 bridgehead atoms. The minimum atomic E-state index is -0.120. The van der Waals surface area contributed by atoms with Gasteiger partial charge < -0.3 is 10.6 Å². The van der Waals surface area contributed by atoms with E-state index in [1.165, 1.54) is 0 Å². The highest BCUT2D eigenvalue weighted by atomic mass is 35.5. The van der Waals surface area contributed by atoms with Crippen LogP contribution in [-0.4, -0.2) is 12.5 Å². The number of rotatable bonds is 5. The lowest BCUT2D eigenvalue weighted by Gasteiger charge is -2.16. The lowest BCUT2D eigenvalue weighted by molar-refractivity contribution is -0.120. The summed E-state index contributed by atoms with van der Waals surface area (Å²) in [5.41, 5.74) is 3.01. The summed E-state index contributed by atoms with van der Waals surface area (Å²) >= 11 is 6.13. The number of nitrogens with one attached hydrogen (secondary N) is 2. The van der Waals surface area contributed by atoms with E-state index in [0.29, 0.717) is 5.02 Å². The zero-order valence-corrected chi connectivity index (χ0v) is 12.9. The van der Waals surface area contributed by atoms with Gasteiger partial charge >= 0.3 is 0 Å². The number of amides is 1. The Morgan fingerprint density at radius 2 is 1.81 bits per heavy atom. The highest BCUT2D eigenvalue weighted by molar-refractivity contribution is 6.31. The average Bonchev–Trinajstić information content (AvgIpc) is 2.46. The summed E-state index contributed by atoms with van der Waals surface area (Å²) < 4.78 is 0. The summed E-state index contributed by atoms with van der Waals surface area (Å²) in [4.78, 5) is 12.0. The van der Waals surface area contributed by atoms with Gasteiger partial charge in [0.1, 0.15) is 0 Å². The first-order chi connectivity index (χ1) is 10.1. The van der Waals surface area contributed by atoms with Crippen molar-refractivity contribution in [2.24, 2.45) is 0 Å². The van der Waals surface area contributed by atoms with Gasteiger partial charge in [-0.1, -0.05) is 48.0 Å². The van der Waals surface area contributed by atoms with Crippen molar-refractivity contribution in [3.63, 3.8) is 0 Å². The van der Waals surface area contributed by atoms with E-state index in [9.17, 15) is 4.79 Å². The van der Waals surface area contributed by atoms with Crippen LogP contribution in [0.25, 0.3) is 0 Å². The highest BCUT2D eigenvalue weighted by Gasteiger charge is 2.12. The molecule has 0 fully saturated rings. The van der Waals surface area contributed by atoms with Crippen molar-refractivity contribution in [2.45, 2.75) is 19.9 Å². The Labute approximate surface area is 130 Å². The van der Waals surface area contributed by atoms with Crippen molar-refractivity contribution in [1.29, 1.82) is 0 Å². The molecule has 0 saturated heterocycles. The highest BCUT2D eigenvalue weighted by Crippen LogP contribution is 2.22. The lowest BCUT2D eigenvalue weighted by atomic mass is 10.1. The zero-order chi connectivity index (χ0) is 15.2. The summed E-state index contributed by atoms with van der Waals surface area (Å²) in [6.07, 6.45) is 0. The second kappa shape index (κ2) is 7.14. The van der Waals surface area contributed by atoms with Crippen LogP contribution in [-0.2, 0) is 4.79 Å². The number of halogens is 1. The first-order valence-electron chi connectivity index (χ1n) is 6.91. The molecule has 1 atom stereocenters. The molecule has 1 unspecified atom stereocenters. The van der Waals surface area contributed by atoms with Gasteiger partial charge in [0.05, 0.1) is 12.6 Å². The molecule has 2 aromatic carbocycles. The van der Waals surface area contributed by atoms with Crippen LogP contribution in [0, 0.1) is 6.92 Å². The van der Waals surface area contributed by atoms with E-state index in [4.69, 9.17) is 11.6 Å². The fraction of sp³-hybridized carbons (Fsp3) is 0.235. The van der Waals surface area contributed by atoms with Crippen LogP contribution in [0.1, 0.15) is 24.1 Å². The molecule has 0 aliphatic heterocycles. The normalized spacial score (nSPS) is 11.8. The molecule has 2 aromatic rings. The third kappa shape index (κ3) is 4.23. The summed E-state index contributed by atoms with van der Waals surface area (Å²) in [6.45, 7) is 4.17. The van der Waals surface area contributed by atoms with Gasteiger partial charge in [0, 0.05) is 10.7 Å². The Morgan fingerprint density at radius 1 is 1.14 bits per heavy atom. The van der Waals surface area contributed by atoms with Crippen LogP contribution in [0.2, 0.25) is 5.02 Å². The van der Waals surface area contributed by atoms with Crippen molar-refractivity contribution >= 4 is 23.2 Å². The molecule has 3 nitrogen and oxygen atoms in total. The van der Waals surface area contributed by atoms with E-state index in [2.05, 4.69) is 10.6 Å². The van der Waals surface area contributed by atoms with Gasteiger partial charge in [0.2, 0.25) is 5.91 Å². The van der Waals surface area contributed by atoms with E-state index >= 15 is 0 Å². The number of aryl methyl sites for hydroxylation is 1. The molecule has 1 amide bonds. The van der Waals surface area contributed by atoms with E-state index in [1.54, 1.807) is 0 Å². The first kappa shape index (κ1) is 15.4.